The van der Waals surface area contributed by atoms with Gasteiger partial charge in [0.05, 0.1) is 6.61 Å². The molecule has 4 nitrogen and oxygen atoms in total. The van der Waals surface area contributed by atoms with Crippen LogP contribution < -0.4 is 11.5 Å². The summed E-state index contributed by atoms with van der Waals surface area (Å²) >= 11 is 0. The fraction of sp³-hybridized carbons (Fsp3) is 0.978. The maximum atomic E-state index is 12.0. The second-order valence-electron chi connectivity index (χ2n) is 15.6. The lowest BCUT2D eigenvalue weighted by molar-refractivity contribution is -0.143. The summed E-state index contributed by atoms with van der Waals surface area (Å²) in [5.74, 6) is 0.0322. The summed E-state index contributed by atoms with van der Waals surface area (Å²) < 4.78 is 5.48. The standard InChI is InChI=1S/C44H88O2.C2H8N2/c1-3-5-7-9-11-13-15-17-19-21-23-25-27-29-31-33-35-37-39-41-43-46-44(45)42-40-38-36-34-32-30-28-26-24-22-20-18-16-14-12-10-8-6-4-2;3-1-2-4/h3-43H2,1-2H3;1-4H2. The van der Waals surface area contributed by atoms with E-state index in [1.165, 1.54) is 238 Å². The molecule has 0 unspecified atom stereocenters. The van der Waals surface area contributed by atoms with Crippen LogP contribution in [0.1, 0.15) is 271 Å². The molecule has 0 radical (unpaired) electrons. The first-order valence-electron chi connectivity index (χ1n) is 23.3. The molecule has 0 atom stereocenters. The van der Waals surface area contributed by atoms with E-state index >= 15 is 0 Å². The third kappa shape index (κ3) is 51.8. The van der Waals surface area contributed by atoms with Crippen LogP contribution in [0.15, 0.2) is 0 Å². The summed E-state index contributed by atoms with van der Waals surface area (Å²) in [6.07, 6.45) is 54.9. The lowest BCUT2D eigenvalue weighted by atomic mass is 10.0. The molecular formula is C46H96N2O2. The van der Waals surface area contributed by atoms with Gasteiger partial charge in [-0.05, 0) is 12.8 Å². The summed E-state index contributed by atoms with van der Waals surface area (Å²) in [6, 6.07) is 0. The summed E-state index contributed by atoms with van der Waals surface area (Å²) in [6.45, 7) is 6.43. The van der Waals surface area contributed by atoms with E-state index in [0.717, 1.165) is 12.8 Å². The zero-order chi connectivity index (χ0) is 36.7. The number of unbranched alkanes of at least 4 members (excludes halogenated alkanes) is 37. The molecule has 302 valence electrons. The van der Waals surface area contributed by atoms with Gasteiger partial charge in [0.15, 0.2) is 0 Å². The van der Waals surface area contributed by atoms with E-state index in [9.17, 15) is 4.79 Å². The highest BCUT2D eigenvalue weighted by atomic mass is 16.5. The van der Waals surface area contributed by atoms with Gasteiger partial charge in [0, 0.05) is 19.5 Å². The first-order valence-corrected chi connectivity index (χ1v) is 23.3. The maximum Gasteiger partial charge on any atom is 0.305 e. The van der Waals surface area contributed by atoms with E-state index in [4.69, 9.17) is 16.2 Å². The molecule has 0 fully saturated rings. The van der Waals surface area contributed by atoms with Crippen LogP contribution in [0, 0.1) is 0 Å². The Kier molecular flexibility index (Phi) is 52.0. The molecule has 4 N–H and O–H groups in total. The van der Waals surface area contributed by atoms with Crippen molar-refractivity contribution in [2.45, 2.75) is 271 Å². The van der Waals surface area contributed by atoms with Crippen LogP contribution in [-0.4, -0.2) is 25.7 Å². The predicted octanol–water partition coefficient (Wildman–Crippen LogP) is 15.1. The van der Waals surface area contributed by atoms with Gasteiger partial charge in [0.25, 0.3) is 0 Å². The molecule has 4 heteroatoms. The highest BCUT2D eigenvalue weighted by Gasteiger charge is 2.03. The predicted molar refractivity (Wildman–Crippen MR) is 225 cm³/mol. The van der Waals surface area contributed by atoms with Gasteiger partial charge in [-0.1, -0.05) is 251 Å². The van der Waals surface area contributed by atoms with E-state index in [1.54, 1.807) is 0 Å². The van der Waals surface area contributed by atoms with Gasteiger partial charge < -0.3 is 16.2 Å². The lowest BCUT2D eigenvalue weighted by Crippen LogP contribution is -2.11. The highest BCUT2D eigenvalue weighted by molar-refractivity contribution is 5.69. The molecule has 0 heterocycles. The van der Waals surface area contributed by atoms with Crippen molar-refractivity contribution in [3.8, 4) is 0 Å². The van der Waals surface area contributed by atoms with Crippen LogP contribution >= 0.6 is 0 Å². The van der Waals surface area contributed by atoms with Crippen LogP contribution in [0.2, 0.25) is 0 Å². The molecular weight excluding hydrogens is 613 g/mol. The molecule has 0 bridgehead atoms. The van der Waals surface area contributed by atoms with Gasteiger partial charge in [0.2, 0.25) is 0 Å². The van der Waals surface area contributed by atoms with Gasteiger partial charge in [-0.15, -0.1) is 0 Å². The second kappa shape index (κ2) is 50.5. The summed E-state index contributed by atoms with van der Waals surface area (Å²) in [7, 11) is 0. The lowest BCUT2D eigenvalue weighted by Gasteiger charge is -2.06. The van der Waals surface area contributed by atoms with Crippen molar-refractivity contribution in [3.05, 3.63) is 0 Å². The minimum atomic E-state index is 0.0322. The molecule has 0 aliphatic rings. The van der Waals surface area contributed by atoms with Crippen molar-refractivity contribution in [2.75, 3.05) is 19.7 Å². The quantitative estimate of drug-likeness (QED) is 0.0489. The Morgan fingerprint density at radius 1 is 0.320 bits per heavy atom. The fourth-order valence-electron chi connectivity index (χ4n) is 6.96. The van der Waals surface area contributed by atoms with Gasteiger partial charge in [0.1, 0.15) is 0 Å². The average Bonchev–Trinajstić information content (AvgIpc) is 3.13. The van der Waals surface area contributed by atoms with Crippen molar-refractivity contribution >= 4 is 5.97 Å². The Morgan fingerprint density at radius 2 is 0.520 bits per heavy atom. The Hall–Kier alpha value is -0.610. The summed E-state index contributed by atoms with van der Waals surface area (Å²) in [5.41, 5.74) is 9.81. The second-order valence-corrected chi connectivity index (χ2v) is 15.6. The number of ether oxygens (including phenoxy) is 1. The molecule has 0 amide bonds. The van der Waals surface area contributed by atoms with Crippen molar-refractivity contribution in [2.24, 2.45) is 11.5 Å². The molecule has 0 aliphatic heterocycles. The van der Waals surface area contributed by atoms with Crippen LogP contribution in [0.25, 0.3) is 0 Å². The molecule has 0 saturated carbocycles. The van der Waals surface area contributed by atoms with E-state index in [2.05, 4.69) is 13.8 Å². The van der Waals surface area contributed by atoms with E-state index in [-0.39, 0.29) is 5.97 Å². The zero-order valence-electron chi connectivity index (χ0n) is 34.9. The Labute approximate surface area is 316 Å². The van der Waals surface area contributed by atoms with Crippen molar-refractivity contribution < 1.29 is 9.53 Å². The fourth-order valence-corrected chi connectivity index (χ4v) is 6.96. The Bertz CT molecular complexity index is 582. The minimum absolute atomic E-state index is 0.0322. The molecule has 0 aromatic carbocycles. The third-order valence-electron chi connectivity index (χ3n) is 10.4. The number of hydrogen-bond acceptors (Lipinski definition) is 4. The smallest absolute Gasteiger partial charge is 0.305 e. The van der Waals surface area contributed by atoms with Gasteiger partial charge in [-0.25, -0.2) is 0 Å². The number of esters is 1. The highest BCUT2D eigenvalue weighted by Crippen LogP contribution is 2.17. The SMILES string of the molecule is CCCCCCCCCCCCCCCCCCCCCCOC(=O)CCCCCCCCCCCCCCCCCCCCC.NCCN. The van der Waals surface area contributed by atoms with Crippen molar-refractivity contribution in [3.63, 3.8) is 0 Å². The average molecular weight is 709 g/mol. The van der Waals surface area contributed by atoms with Crippen LogP contribution in [-0.2, 0) is 9.53 Å². The van der Waals surface area contributed by atoms with Crippen LogP contribution in [0.4, 0.5) is 0 Å². The normalized spacial score (nSPS) is 11.1. The Morgan fingerprint density at radius 3 is 0.740 bits per heavy atom. The molecule has 0 aromatic heterocycles. The molecule has 0 spiro atoms. The summed E-state index contributed by atoms with van der Waals surface area (Å²) in [4.78, 5) is 12.0. The first kappa shape index (κ1) is 51.5. The monoisotopic (exact) mass is 709 g/mol. The van der Waals surface area contributed by atoms with Crippen LogP contribution in [0.3, 0.4) is 0 Å². The van der Waals surface area contributed by atoms with Crippen molar-refractivity contribution in [1.82, 2.24) is 0 Å². The number of nitrogens with two attached hydrogens (primary N) is 2. The molecule has 0 aliphatic carbocycles. The van der Waals surface area contributed by atoms with Crippen molar-refractivity contribution in [1.29, 1.82) is 0 Å². The molecule has 0 aromatic rings. The summed E-state index contributed by atoms with van der Waals surface area (Å²) in [5, 5.41) is 0. The van der Waals surface area contributed by atoms with E-state index in [0.29, 0.717) is 26.1 Å². The minimum Gasteiger partial charge on any atom is -0.466 e. The van der Waals surface area contributed by atoms with Crippen LogP contribution in [0.5, 0.6) is 0 Å². The zero-order valence-corrected chi connectivity index (χ0v) is 34.9. The van der Waals surface area contributed by atoms with Gasteiger partial charge in [-0.3, -0.25) is 4.79 Å². The van der Waals surface area contributed by atoms with E-state index in [1.807, 2.05) is 0 Å². The van der Waals surface area contributed by atoms with Gasteiger partial charge >= 0.3 is 5.97 Å². The largest absolute Gasteiger partial charge is 0.466 e. The first-order chi connectivity index (χ1) is 24.7. The number of carbonyl (C=O) groups is 1. The molecule has 0 saturated heterocycles. The Balaban J connectivity index is 0. The number of hydrogen-bond donors (Lipinski definition) is 2. The maximum absolute atomic E-state index is 12.0. The van der Waals surface area contributed by atoms with Gasteiger partial charge in [-0.2, -0.15) is 0 Å². The molecule has 0 rings (SSSR count). The molecule has 50 heavy (non-hydrogen) atoms. The third-order valence-corrected chi connectivity index (χ3v) is 10.4. The van der Waals surface area contributed by atoms with E-state index < -0.39 is 0 Å². The topological polar surface area (TPSA) is 78.3 Å². The number of rotatable bonds is 42. The number of carbonyl (C=O) groups excluding carboxylic acids is 1.